The van der Waals surface area contributed by atoms with Gasteiger partial charge in [0.1, 0.15) is 5.75 Å². The van der Waals surface area contributed by atoms with Crippen molar-refractivity contribution in [1.29, 1.82) is 0 Å². The summed E-state index contributed by atoms with van der Waals surface area (Å²) >= 11 is 0. The first-order valence-electron chi connectivity index (χ1n) is 9.73. The summed E-state index contributed by atoms with van der Waals surface area (Å²) in [5, 5.41) is 10.4. The molecule has 0 aliphatic carbocycles. The van der Waals surface area contributed by atoms with E-state index in [0.717, 1.165) is 42.3 Å². The number of H-pyrrole nitrogens is 1. The van der Waals surface area contributed by atoms with Gasteiger partial charge < -0.3 is 24.7 Å². The van der Waals surface area contributed by atoms with Crippen LogP contribution < -0.4 is 15.0 Å². The lowest BCUT2D eigenvalue weighted by Gasteiger charge is -2.39. The van der Waals surface area contributed by atoms with Crippen molar-refractivity contribution in [3.63, 3.8) is 0 Å². The molecule has 9 nitrogen and oxygen atoms in total. The molecule has 3 heterocycles. The molecule has 1 atom stereocenters. The molecule has 30 heavy (non-hydrogen) atoms. The zero-order valence-electron chi connectivity index (χ0n) is 17.3. The Bertz CT molecular complexity index is 1060. The molecule has 0 radical (unpaired) electrons. The van der Waals surface area contributed by atoms with Crippen LogP contribution in [0, 0.1) is 6.57 Å². The van der Waals surface area contributed by atoms with Crippen LogP contribution in [-0.2, 0) is 0 Å². The van der Waals surface area contributed by atoms with Gasteiger partial charge in [-0.15, -0.1) is 4.98 Å². The molecule has 1 aliphatic heterocycles. The van der Waals surface area contributed by atoms with Crippen molar-refractivity contribution in [2.45, 2.75) is 13.0 Å². The van der Waals surface area contributed by atoms with Crippen LogP contribution in [0.5, 0.6) is 5.75 Å². The standard InChI is InChI=1S/C21H24N8O/c1-14-13-29(8-7-28(14)3)15-5-6-16(18(9-15)30-4)17-10-19(27-26-17)25-21-12-23-20(22-2)11-24-21/h5-6,9-12,14H,7-8,13H2,1,3-4H3,(H2,24,25,26,27)/t14-/m1/s1. The van der Waals surface area contributed by atoms with E-state index in [1.54, 1.807) is 7.11 Å². The minimum atomic E-state index is 0.253. The quantitative estimate of drug-likeness (QED) is 0.631. The molecule has 1 aliphatic rings. The fraction of sp³-hybridized carbons (Fsp3) is 0.333. The van der Waals surface area contributed by atoms with Crippen LogP contribution >= 0.6 is 0 Å². The van der Waals surface area contributed by atoms with Crippen LogP contribution in [0.25, 0.3) is 16.1 Å². The molecule has 3 aromatic rings. The minimum absolute atomic E-state index is 0.253. The maximum Gasteiger partial charge on any atom is 0.288 e. The first-order valence-corrected chi connectivity index (χ1v) is 9.73. The average Bonchev–Trinajstić information content (AvgIpc) is 3.24. The summed E-state index contributed by atoms with van der Waals surface area (Å²) < 4.78 is 5.68. The number of aromatic nitrogens is 4. The van der Waals surface area contributed by atoms with E-state index in [1.807, 2.05) is 6.07 Å². The number of methoxy groups -OCH3 is 1. The van der Waals surface area contributed by atoms with Crippen LogP contribution in [-0.4, -0.2) is 64.9 Å². The minimum Gasteiger partial charge on any atom is -0.496 e. The Morgan fingerprint density at radius 3 is 2.77 bits per heavy atom. The fourth-order valence-corrected chi connectivity index (χ4v) is 3.48. The number of benzene rings is 1. The predicted molar refractivity (Wildman–Crippen MR) is 116 cm³/mol. The Kier molecular flexibility index (Phi) is 5.50. The van der Waals surface area contributed by atoms with Gasteiger partial charge in [-0.05, 0) is 26.1 Å². The Labute approximate surface area is 175 Å². The summed E-state index contributed by atoms with van der Waals surface area (Å²) in [6.07, 6.45) is 2.93. The molecular weight excluding hydrogens is 380 g/mol. The third kappa shape index (κ3) is 4.04. The number of aromatic amines is 1. The molecule has 0 spiro atoms. The monoisotopic (exact) mass is 404 g/mol. The Morgan fingerprint density at radius 1 is 1.20 bits per heavy atom. The zero-order chi connectivity index (χ0) is 21.1. The fourth-order valence-electron chi connectivity index (χ4n) is 3.48. The smallest absolute Gasteiger partial charge is 0.288 e. The van der Waals surface area contributed by atoms with Crippen molar-refractivity contribution in [3.05, 3.63) is 48.1 Å². The van der Waals surface area contributed by atoms with Crippen molar-refractivity contribution < 1.29 is 4.74 Å². The van der Waals surface area contributed by atoms with E-state index in [4.69, 9.17) is 11.3 Å². The van der Waals surface area contributed by atoms with Gasteiger partial charge >= 0.3 is 0 Å². The number of piperazine rings is 1. The molecule has 9 heteroatoms. The Morgan fingerprint density at radius 2 is 2.07 bits per heavy atom. The summed E-state index contributed by atoms with van der Waals surface area (Å²) in [4.78, 5) is 16.2. The number of anilines is 3. The van der Waals surface area contributed by atoms with Gasteiger partial charge in [0.05, 0.1) is 19.0 Å². The molecule has 1 aromatic carbocycles. The molecule has 2 aromatic heterocycles. The van der Waals surface area contributed by atoms with Gasteiger partial charge in [0.25, 0.3) is 5.82 Å². The van der Waals surface area contributed by atoms with Crippen LogP contribution in [0.4, 0.5) is 23.1 Å². The highest BCUT2D eigenvalue weighted by Crippen LogP contribution is 2.34. The second kappa shape index (κ2) is 8.39. The SMILES string of the molecule is [C-]#[N+]c1cnc(Nc2cc(-c3ccc(N4CCN(C)[C@H](C)C4)cc3OC)[nH]n2)cn1. The first-order chi connectivity index (χ1) is 14.6. The Hall–Kier alpha value is -3.64. The summed E-state index contributed by atoms with van der Waals surface area (Å²) in [6, 6.07) is 8.66. The van der Waals surface area contributed by atoms with Gasteiger partial charge in [0.15, 0.2) is 17.8 Å². The number of ether oxygens (including phenoxy) is 1. The highest BCUT2D eigenvalue weighted by Gasteiger charge is 2.22. The lowest BCUT2D eigenvalue weighted by atomic mass is 10.1. The van der Waals surface area contributed by atoms with Crippen molar-refractivity contribution in [2.75, 3.05) is 44.0 Å². The molecule has 154 valence electrons. The number of nitrogens with one attached hydrogen (secondary N) is 2. The molecule has 4 rings (SSSR count). The first kappa shape index (κ1) is 19.7. The molecule has 0 unspecified atom stereocenters. The number of rotatable bonds is 5. The van der Waals surface area contributed by atoms with Gasteiger partial charge in [-0.25, -0.2) is 4.98 Å². The number of nitrogens with zero attached hydrogens (tertiary/aromatic N) is 6. The molecule has 0 amide bonds. The van der Waals surface area contributed by atoms with E-state index in [-0.39, 0.29) is 5.82 Å². The van der Waals surface area contributed by atoms with E-state index in [2.05, 4.69) is 72.3 Å². The molecule has 0 bridgehead atoms. The lowest BCUT2D eigenvalue weighted by Crippen LogP contribution is -2.50. The second-order valence-corrected chi connectivity index (χ2v) is 7.32. The Balaban J connectivity index is 1.53. The van der Waals surface area contributed by atoms with Gasteiger partial charge in [-0.1, -0.05) is 6.57 Å². The van der Waals surface area contributed by atoms with Gasteiger partial charge in [0.2, 0.25) is 0 Å². The van der Waals surface area contributed by atoms with E-state index in [0.29, 0.717) is 17.7 Å². The predicted octanol–water partition coefficient (Wildman–Crippen LogP) is 3.31. The molecule has 0 saturated carbocycles. The van der Waals surface area contributed by atoms with Crippen LogP contribution in [0.1, 0.15) is 6.92 Å². The molecule has 1 saturated heterocycles. The topological polar surface area (TPSA) is 86.6 Å². The summed E-state index contributed by atoms with van der Waals surface area (Å²) in [6.45, 7) is 12.2. The summed E-state index contributed by atoms with van der Waals surface area (Å²) in [5.74, 6) is 2.17. The second-order valence-electron chi connectivity index (χ2n) is 7.32. The van der Waals surface area contributed by atoms with Crippen LogP contribution in [0.2, 0.25) is 0 Å². The van der Waals surface area contributed by atoms with Gasteiger partial charge in [-0.3, -0.25) is 5.10 Å². The van der Waals surface area contributed by atoms with Crippen molar-refractivity contribution in [3.8, 4) is 17.0 Å². The molecule has 1 fully saturated rings. The maximum absolute atomic E-state index is 6.94. The highest BCUT2D eigenvalue weighted by atomic mass is 16.5. The third-order valence-electron chi connectivity index (χ3n) is 5.39. The van der Waals surface area contributed by atoms with E-state index in [9.17, 15) is 0 Å². The van der Waals surface area contributed by atoms with Gasteiger partial charge in [-0.2, -0.15) is 5.10 Å². The van der Waals surface area contributed by atoms with Crippen molar-refractivity contribution >= 4 is 23.1 Å². The number of hydrogen-bond acceptors (Lipinski definition) is 7. The maximum atomic E-state index is 6.94. The summed E-state index contributed by atoms with van der Waals surface area (Å²) in [5.41, 5.74) is 2.92. The van der Waals surface area contributed by atoms with E-state index in [1.165, 1.54) is 12.4 Å². The largest absolute Gasteiger partial charge is 0.496 e. The normalized spacial score (nSPS) is 16.9. The van der Waals surface area contributed by atoms with Gasteiger partial charge in [0, 0.05) is 49.1 Å². The lowest BCUT2D eigenvalue weighted by molar-refractivity contribution is 0.234. The van der Waals surface area contributed by atoms with Crippen LogP contribution in [0.15, 0.2) is 36.7 Å². The van der Waals surface area contributed by atoms with Crippen molar-refractivity contribution in [1.82, 2.24) is 25.1 Å². The van der Waals surface area contributed by atoms with E-state index < -0.39 is 0 Å². The number of hydrogen-bond donors (Lipinski definition) is 2. The zero-order valence-corrected chi connectivity index (χ0v) is 17.3. The van der Waals surface area contributed by atoms with Crippen LogP contribution in [0.3, 0.4) is 0 Å². The third-order valence-corrected chi connectivity index (χ3v) is 5.39. The average molecular weight is 404 g/mol. The highest BCUT2D eigenvalue weighted by molar-refractivity contribution is 5.73. The van der Waals surface area contributed by atoms with E-state index >= 15 is 0 Å². The molecular formula is C21H24N8O. The summed E-state index contributed by atoms with van der Waals surface area (Å²) in [7, 11) is 3.85. The molecule has 2 N–H and O–H groups in total. The number of likely N-dealkylation sites (N-methyl/N-ethyl adjacent to an activating group) is 1. The van der Waals surface area contributed by atoms with Crippen molar-refractivity contribution in [2.24, 2.45) is 0 Å².